The Hall–Kier alpha value is -0.540. The summed E-state index contributed by atoms with van der Waals surface area (Å²) in [6, 6.07) is 0.554. The summed E-state index contributed by atoms with van der Waals surface area (Å²) in [5.41, 5.74) is 2.29. The van der Waals surface area contributed by atoms with Gasteiger partial charge in [-0.15, -0.1) is 0 Å². The fourth-order valence-electron chi connectivity index (χ4n) is 3.15. The van der Waals surface area contributed by atoms with E-state index < -0.39 is 0 Å². The first kappa shape index (κ1) is 13.9. The molecule has 0 bridgehead atoms. The van der Waals surface area contributed by atoms with Gasteiger partial charge in [0.05, 0.1) is 5.69 Å². The van der Waals surface area contributed by atoms with Crippen LogP contribution >= 0.6 is 11.6 Å². The quantitative estimate of drug-likeness (QED) is 0.890. The van der Waals surface area contributed by atoms with Crippen LogP contribution in [0.2, 0.25) is 5.15 Å². The van der Waals surface area contributed by atoms with E-state index in [1.165, 1.54) is 31.2 Å². The summed E-state index contributed by atoms with van der Waals surface area (Å²) in [7, 11) is 1.91. The van der Waals surface area contributed by atoms with Gasteiger partial charge in [-0.05, 0) is 38.6 Å². The summed E-state index contributed by atoms with van der Waals surface area (Å²) < 4.78 is 1.78. The number of nitrogens with zero attached hydrogens (tertiary/aromatic N) is 2. The smallest absolute Gasteiger partial charge is 0.130 e. The largest absolute Gasteiger partial charge is 0.314 e. The second-order valence-corrected chi connectivity index (χ2v) is 5.75. The normalized spacial score (nSPS) is 18.4. The molecule has 1 aliphatic rings. The maximum Gasteiger partial charge on any atom is 0.130 e. The van der Waals surface area contributed by atoms with Gasteiger partial charge in [0.2, 0.25) is 0 Å². The average Bonchev–Trinajstić information content (AvgIpc) is 2.93. The number of aryl methyl sites for hydroxylation is 2. The van der Waals surface area contributed by atoms with E-state index in [1.54, 1.807) is 4.68 Å². The summed E-state index contributed by atoms with van der Waals surface area (Å²) in [6.45, 7) is 5.26. The zero-order chi connectivity index (χ0) is 13.1. The maximum atomic E-state index is 6.34. The fraction of sp³-hybridized carbons (Fsp3) is 0.786. The highest BCUT2D eigenvalue weighted by Gasteiger charge is 2.26. The monoisotopic (exact) mass is 269 g/mol. The Kier molecular flexibility index (Phi) is 4.68. The second kappa shape index (κ2) is 6.07. The lowest BCUT2D eigenvalue weighted by molar-refractivity contribution is 0.362. The van der Waals surface area contributed by atoms with Crippen LogP contribution in [0.4, 0.5) is 0 Å². The molecule has 1 N–H and O–H groups in total. The predicted molar refractivity (Wildman–Crippen MR) is 76.1 cm³/mol. The molecule has 1 atom stereocenters. The highest BCUT2D eigenvalue weighted by Crippen LogP contribution is 2.31. The molecule has 102 valence electrons. The summed E-state index contributed by atoms with van der Waals surface area (Å²) >= 11 is 6.34. The van der Waals surface area contributed by atoms with Gasteiger partial charge in [0.15, 0.2) is 0 Å². The van der Waals surface area contributed by atoms with E-state index >= 15 is 0 Å². The standard InChI is InChI=1S/C14H24ClN3/c1-4-16-13(11-7-5-6-8-11)9-12-10(2)17-18(3)14(12)15/h11,13,16H,4-9H2,1-3H3. The number of halogens is 1. The third-order valence-corrected chi connectivity index (χ3v) is 4.60. The number of likely N-dealkylation sites (N-methyl/N-ethyl adjacent to an activating group) is 1. The molecule has 0 amide bonds. The van der Waals surface area contributed by atoms with Crippen molar-refractivity contribution >= 4 is 11.6 Å². The molecular weight excluding hydrogens is 246 g/mol. The molecule has 1 heterocycles. The Morgan fingerprint density at radius 2 is 2.11 bits per heavy atom. The summed E-state index contributed by atoms with van der Waals surface area (Å²) in [5.74, 6) is 0.806. The first-order valence-corrected chi connectivity index (χ1v) is 7.42. The molecule has 0 aromatic carbocycles. The van der Waals surface area contributed by atoms with Crippen LogP contribution in [0.5, 0.6) is 0 Å². The summed E-state index contributed by atoms with van der Waals surface area (Å²) in [5, 5.41) is 8.85. The number of aromatic nitrogens is 2. The van der Waals surface area contributed by atoms with Crippen LogP contribution in [0, 0.1) is 12.8 Å². The van der Waals surface area contributed by atoms with Gasteiger partial charge in [-0.3, -0.25) is 4.68 Å². The van der Waals surface area contributed by atoms with Crippen LogP contribution in [0.3, 0.4) is 0 Å². The number of nitrogens with one attached hydrogen (secondary N) is 1. The molecule has 0 aliphatic heterocycles. The molecule has 18 heavy (non-hydrogen) atoms. The van der Waals surface area contributed by atoms with Crippen molar-refractivity contribution < 1.29 is 0 Å². The highest BCUT2D eigenvalue weighted by molar-refractivity contribution is 6.30. The van der Waals surface area contributed by atoms with Gasteiger partial charge < -0.3 is 5.32 Å². The lowest BCUT2D eigenvalue weighted by atomic mass is 9.92. The van der Waals surface area contributed by atoms with E-state index in [0.29, 0.717) is 6.04 Å². The number of hydrogen-bond donors (Lipinski definition) is 1. The Balaban J connectivity index is 2.12. The molecule has 0 saturated heterocycles. The predicted octanol–water partition coefficient (Wildman–Crippen LogP) is 3.09. The van der Waals surface area contributed by atoms with E-state index in [4.69, 9.17) is 11.6 Å². The number of rotatable bonds is 5. The first-order chi connectivity index (χ1) is 8.63. The van der Waals surface area contributed by atoms with Crippen LogP contribution in [0.15, 0.2) is 0 Å². The molecule has 0 spiro atoms. The molecule has 1 fully saturated rings. The lowest BCUT2D eigenvalue weighted by Gasteiger charge is -2.24. The fourth-order valence-corrected chi connectivity index (χ4v) is 3.40. The van der Waals surface area contributed by atoms with Crippen LogP contribution in [-0.2, 0) is 13.5 Å². The molecular formula is C14H24ClN3. The molecule has 2 rings (SSSR count). The minimum absolute atomic E-state index is 0.554. The van der Waals surface area contributed by atoms with Crippen molar-refractivity contribution in [3.05, 3.63) is 16.4 Å². The SMILES string of the molecule is CCNC(Cc1c(C)nn(C)c1Cl)C1CCCC1. The maximum absolute atomic E-state index is 6.34. The van der Waals surface area contributed by atoms with E-state index in [9.17, 15) is 0 Å². The van der Waals surface area contributed by atoms with Gasteiger partial charge in [-0.2, -0.15) is 5.10 Å². The second-order valence-electron chi connectivity index (χ2n) is 5.39. The van der Waals surface area contributed by atoms with E-state index in [0.717, 1.165) is 29.7 Å². The summed E-state index contributed by atoms with van der Waals surface area (Å²) in [4.78, 5) is 0. The molecule has 1 aliphatic carbocycles. The number of hydrogen-bond acceptors (Lipinski definition) is 2. The lowest BCUT2D eigenvalue weighted by Crippen LogP contribution is -2.37. The minimum atomic E-state index is 0.554. The third-order valence-electron chi connectivity index (χ3n) is 4.13. The topological polar surface area (TPSA) is 29.9 Å². The van der Waals surface area contributed by atoms with Gasteiger partial charge >= 0.3 is 0 Å². The van der Waals surface area contributed by atoms with E-state index in [1.807, 2.05) is 7.05 Å². The van der Waals surface area contributed by atoms with Crippen molar-refractivity contribution in [2.45, 2.75) is 52.0 Å². The van der Waals surface area contributed by atoms with Crippen LogP contribution < -0.4 is 5.32 Å². The molecule has 0 radical (unpaired) electrons. The highest BCUT2D eigenvalue weighted by atomic mass is 35.5. The molecule has 1 aromatic heterocycles. The Labute approximate surface area is 115 Å². The summed E-state index contributed by atoms with van der Waals surface area (Å²) in [6.07, 6.45) is 6.48. The zero-order valence-electron chi connectivity index (χ0n) is 11.7. The van der Waals surface area contributed by atoms with Crippen molar-refractivity contribution in [2.75, 3.05) is 6.54 Å². The Morgan fingerprint density at radius 3 is 2.61 bits per heavy atom. The van der Waals surface area contributed by atoms with Crippen molar-refractivity contribution in [3.63, 3.8) is 0 Å². The van der Waals surface area contributed by atoms with Gasteiger partial charge in [0.1, 0.15) is 5.15 Å². The minimum Gasteiger partial charge on any atom is -0.314 e. The van der Waals surface area contributed by atoms with E-state index in [2.05, 4.69) is 24.3 Å². The molecule has 3 nitrogen and oxygen atoms in total. The van der Waals surface area contributed by atoms with Crippen molar-refractivity contribution in [2.24, 2.45) is 13.0 Å². The van der Waals surface area contributed by atoms with Crippen molar-refractivity contribution in [1.29, 1.82) is 0 Å². The van der Waals surface area contributed by atoms with Gasteiger partial charge in [0.25, 0.3) is 0 Å². The molecule has 1 aromatic rings. The molecule has 1 saturated carbocycles. The van der Waals surface area contributed by atoms with Gasteiger partial charge in [-0.1, -0.05) is 31.4 Å². The van der Waals surface area contributed by atoms with Crippen molar-refractivity contribution in [1.82, 2.24) is 15.1 Å². The van der Waals surface area contributed by atoms with Crippen LogP contribution in [-0.4, -0.2) is 22.4 Å². The Bertz CT molecular complexity index is 394. The Morgan fingerprint density at radius 1 is 1.44 bits per heavy atom. The zero-order valence-corrected chi connectivity index (χ0v) is 12.4. The third kappa shape index (κ3) is 2.89. The van der Waals surface area contributed by atoms with Crippen LogP contribution in [0.1, 0.15) is 43.9 Å². The van der Waals surface area contributed by atoms with Crippen LogP contribution in [0.25, 0.3) is 0 Å². The average molecular weight is 270 g/mol. The van der Waals surface area contributed by atoms with Gasteiger partial charge in [-0.25, -0.2) is 0 Å². The van der Waals surface area contributed by atoms with E-state index in [-0.39, 0.29) is 0 Å². The molecule has 4 heteroatoms. The van der Waals surface area contributed by atoms with Gasteiger partial charge in [0, 0.05) is 18.7 Å². The van der Waals surface area contributed by atoms with Crippen molar-refractivity contribution in [3.8, 4) is 0 Å². The molecule has 1 unspecified atom stereocenters. The first-order valence-electron chi connectivity index (χ1n) is 7.04.